The minimum Gasteiger partial charge on any atom is -0.479 e. The van der Waals surface area contributed by atoms with Crippen molar-refractivity contribution in [1.82, 2.24) is 9.88 Å². The first-order valence-electron chi connectivity index (χ1n) is 5.78. The summed E-state index contributed by atoms with van der Waals surface area (Å²) in [5.41, 5.74) is 0.976. The Hall–Kier alpha value is -2.56. The summed E-state index contributed by atoms with van der Waals surface area (Å²) in [5.74, 6) is -1.49. The standard InChI is InChI=1S/C14H14N2O3/c1-16-8-7-11(9-16)13(17)15-12(14(18)19)10-5-3-2-4-6-10/h2-9,12H,1H3,(H,15,17)(H,18,19). The summed E-state index contributed by atoms with van der Waals surface area (Å²) in [5, 5.41) is 11.7. The number of nitrogens with one attached hydrogen (secondary N) is 1. The van der Waals surface area contributed by atoms with Gasteiger partial charge in [-0.3, -0.25) is 4.79 Å². The number of aryl methyl sites for hydroxylation is 1. The van der Waals surface area contributed by atoms with Crippen molar-refractivity contribution in [1.29, 1.82) is 0 Å². The maximum Gasteiger partial charge on any atom is 0.330 e. The minimum absolute atomic E-state index is 0.406. The second kappa shape index (κ2) is 5.39. The predicted octanol–water partition coefficient (Wildman–Crippen LogP) is 1.58. The molecular weight excluding hydrogens is 244 g/mol. The largest absolute Gasteiger partial charge is 0.479 e. The molecule has 1 aromatic carbocycles. The van der Waals surface area contributed by atoms with Gasteiger partial charge in [-0.15, -0.1) is 0 Å². The first-order chi connectivity index (χ1) is 9.08. The van der Waals surface area contributed by atoms with Crippen molar-refractivity contribution in [2.24, 2.45) is 7.05 Å². The summed E-state index contributed by atoms with van der Waals surface area (Å²) in [6.07, 6.45) is 3.37. The van der Waals surface area contributed by atoms with Gasteiger partial charge < -0.3 is 15.0 Å². The van der Waals surface area contributed by atoms with Gasteiger partial charge in [0.05, 0.1) is 5.56 Å². The van der Waals surface area contributed by atoms with E-state index in [9.17, 15) is 14.7 Å². The van der Waals surface area contributed by atoms with Gasteiger partial charge in [-0.2, -0.15) is 0 Å². The lowest BCUT2D eigenvalue weighted by atomic mass is 10.1. The van der Waals surface area contributed by atoms with E-state index in [0.717, 1.165) is 0 Å². The molecule has 2 aromatic rings. The highest BCUT2D eigenvalue weighted by Gasteiger charge is 2.22. The van der Waals surface area contributed by atoms with E-state index in [1.54, 1.807) is 60.4 Å². The number of rotatable bonds is 4. The van der Waals surface area contributed by atoms with Crippen molar-refractivity contribution >= 4 is 11.9 Å². The Morgan fingerprint density at radius 1 is 1.21 bits per heavy atom. The van der Waals surface area contributed by atoms with Gasteiger partial charge in [0.25, 0.3) is 5.91 Å². The Labute approximate surface area is 110 Å². The molecule has 2 rings (SSSR count). The van der Waals surface area contributed by atoms with Crippen molar-refractivity contribution in [2.75, 3.05) is 0 Å². The number of carboxylic acids is 1. The van der Waals surface area contributed by atoms with Crippen molar-refractivity contribution < 1.29 is 14.7 Å². The number of nitrogens with zero attached hydrogens (tertiary/aromatic N) is 1. The molecule has 0 bridgehead atoms. The van der Waals surface area contributed by atoms with Crippen LogP contribution in [-0.4, -0.2) is 21.6 Å². The van der Waals surface area contributed by atoms with Gasteiger partial charge in [-0.05, 0) is 11.6 Å². The highest BCUT2D eigenvalue weighted by Crippen LogP contribution is 2.13. The molecule has 1 atom stereocenters. The zero-order valence-corrected chi connectivity index (χ0v) is 10.4. The van der Waals surface area contributed by atoms with Gasteiger partial charge in [0.2, 0.25) is 0 Å². The summed E-state index contributed by atoms with van der Waals surface area (Å²) in [7, 11) is 1.79. The van der Waals surface area contributed by atoms with E-state index in [1.807, 2.05) is 0 Å². The molecule has 0 saturated heterocycles. The van der Waals surface area contributed by atoms with Crippen molar-refractivity contribution in [3.8, 4) is 0 Å². The van der Waals surface area contributed by atoms with Gasteiger partial charge in [-0.25, -0.2) is 4.79 Å². The minimum atomic E-state index is -1.09. The van der Waals surface area contributed by atoms with Crippen molar-refractivity contribution in [3.05, 3.63) is 59.9 Å². The molecule has 0 spiro atoms. The van der Waals surface area contributed by atoms with Crippen LogP contribution >= 0.6 is 0 Å². The van der Waals surface area contributed by atoms with E-state index in [2.05, 4.69) is 5.32 Å². The number of aromatic nitrogens is 1. The third-order valence-corrected chi connectivity index (χ3v) is 2.75. The first-order valence-corrected chi connectivity index (χ1v) is 5.78. The molecule has 5 heteroatoms. The van der Waals surface area contributed by atoms with E-state index < -0.39 is 17.9 Å². The van der Waals surface area contributed by atoms with Gasteiger partial charge in [0, 0.05) is 19.4 Å². The van der Waals surface area contributed by atoms with Crippen LogP contribution in [0.25, 0.3) is 0 Å². The molecule has 0 aliphatic carbocycles. The predicted molar refractivity (Wildman–Crippen MR) is 69.7 cm³/mol. The molecule has 0 aliphatic heterocycles. The maximum absolute atomic E-state index is 12.0. The van der Waals surface area contributed by atoms with Crippen LogP contribution in [0.2, 0.25) is 0 Å². The number of carbonyl (C=O) groups is 2. The van der Waals surface area contributed by atoms with E-state index >= 15 is 0 Å². The fourth-order valence-electron chi connectivity index (χ4n) is 1.79. The van der Waals surface area contributed by atoms with Crippen LogP contribution in [0.3, 0.4) is 0 Å². The van der Waals surface area contributed by atoms with Crippen molar-refractivity contribution in [2.45, 2.75) is 6.04 Å². The van der Waals surface area contributed by atoms with Crippen LogP contribution in [0.1, 0.15) is 22.0 Å². The summed E-state index contributed by atoms with van der Waals surface area (Å²) < 4.78 is 1.73. The number of hydrogen-bond donors (Lipinski definition) is 2. The molecule has 0 aliphatic rings. The maximum atomic E-state index is 12.0. The Balaban J connectivity index is 2.18. The van der Waals surface area contributed by atoms with Crippen LogP contribution in [0.4, 0.5) is 0 Å². The van der Waals surface area contributed by atoms with Gasteiger partial charge >= 0.3 is 5.97 Å². The zero-order valence-electron chi connectivity index (χ0n) is 10.4. The number of hydrogen-bond acceptors (Lipinski definition) is 2. The van der Waals surface area contributed by atoms with Crippen LogP contribution < -0.4 is 5.32 Å². The molecule has 98 valence electrons. The molecule has 1 unspecified atom stereocenters. The average Bonchev–Trinajstić information content (AvgIpc) is 2.83. The molecule has 0 radical (unpaired) electrons. The Kier molecular flexibility index (Phi) is 3.66. The second-order valence-corrected chi connectivity index (χ2v) is 4.22. The summed E-state index contributed by atoms with van der Waals surface area (Å²) in [6, 6.07) is 9.20. The van der Waals surface area contributed by atoms with E-state index in [0.29, 0.717) is 11.1 Å². The lowest BCUT2D eigenvalue weighted by Crippen LogP contribution is -2.33. The van der Waals surface area contributed by atoms with E-state index in [1.165, 1.54) is 0 Å². The van der Waals surface area contributed by atoms with Crippen LogP contribution in [0.5, 0.6) is 0 Å². The zero-order chi connectivity index (χ0) is 13.8. The smallest absolute Gasteiger partial charge is 0.330 e. The molecule has 2 N–H and O–H groups in total. The number of amides is 1. The Bertz CT molecular complexity index is 590. The number of aliphatic carboxylic acids is 1. The molecule has 0 saturated carbocycles. The number of carboxylic acid groups (broad SMARTS) is 1. The summed E-state index contributed by atoms with van der Waals surface area (Å²) >= 11 is 0. The third kappa shape index (κ3) is 3.01. The Morgan fingerprint density at radius 3 is 2.42 bits per heavy atom. The molecular formula is C14H14N2O3. The highest BCUT2D eigenvalue weighted by molar-refractivity contribution is 5.96. The molecule has 1 aromatic heterocycles. The first kappa shape index (κ1) is 12.9. The van der Waals surface area contributed by atoms with Crippen LogP contribution in [-0.2, 0) is 11.8 Å². The fourth-order valence-corrected chi connectivity index (χ4v) is 1.79. The van der Waals surface area contributed by atoms with Crippen LogP contribution in [0.15, 0.2) is 48.8 Å². The Morgan fingerprint density at radius 2 is 1.89 bits per heavy atom. The summed E-state index contributed by atoms with van der Waals surface area (Å²) in [6.45, 7) is 0. The van der Waals surface area contributed by atoms with Crippen molar-refractivity contribution in [3.63, 3.8) is 0 Å². The topological polar surface area (TPSA) is 71.3 Å². The molecule has 1 heterocycles. The van der Waals surface area contributed by atoms with E-state index in [4.69, 9.17) is 0 Å². The summed E-state index contributed by atoms with van der Waals surface area (Å²) in [4.78, 5) is 23.2. The molecule has 0 fully saturated rings. The second-order valence-electron chi connectivity index (χ2n) is 4.22. The van der Waals surface area contributed by atoms with Crippen LogP contribution in [0, 0.1) is 0 Å². The lowest BCUT2D eigenvalue weighted by Gasteiger charge is -2.14. The highest BCUT2D eigenvalue weighted by atomic mass is 16.4. The molecule has 1 amide bonds. The van der Waals surface area contributed by atoms with E-state index in [-0.39, 0.29) is 0 Å². The molecule has 5 nitrogen and oxygen atoms in total. The van der Waals surface area contributed by atoms with Gasteiger partial charge in [0.15, 0.2) is 6.04 Å². The molecule has 19 heavy (non-hydrogen) atoms. The number of benzene rings is 1. The monoisotopic (exact) mass is 258 g/mol. The average molecular weight is 258 g/mol. The SMILES string of the molecule is Cn1ccc(C(=O)NC(C(=O)O)c2ccccc2)c1. The lowest BCUT2D eigenvalue weighted by molar-refractivity contribution is -0.139. The van der Waals surface area contributed by atoms with Gasteiger partial charge in [-0.1, -0.05) is 30.3 Å². The third-order valence-electron chi connectivity index (χ3n) is 2.75. The number of carbonyl (C=O) groups excluding carboxylic acids is 1. The van der Waals surface area contributed by atoms with Gasteiger partial charge in [0.1, 0.15) is 0 Å². The quantitative estimate of drug-likeness (QED) is 0.874. The normalized spacial score (nSPS) is 11.8. The fraction of sp³-hybridized carbons (Fsp3) is 0.143.